The van der Waals surface area contributed by atoms with Gasteiger partial charge in [-0.1, -0.05) is 0 Å². The zero-order chi connectivity index (χ0) is 11.5. The summed E-state index contributed by atoms with van der Waals surface area (Å²) in [5.74, 6) is 0.949. The first-order valence-electron chi connectivity index (χ1n) is 5.44. The number of hydrogen-bond donors (Lipinski definition) is 0. The van der Waals surface area contributed by atoms with Crippen LogP contribution in [0.4, 0.5) is 0 Å². The van der Waals surface area contributed by atoms with Crippen molar-refractivity contribution in [1.29, 1.82) is 0 Å². The van der Waals surface area contributed by atoms with Crippen LogP contribution in [0.5, 0.6) is 5.75 Å². The fraction of sp³-hybridized carbons (Fsp3) is 0.462. The molecule has 1 saturated heterocycles. The fourth-order valence-corrected chi connectivity index (χ4v) is 2.48. The molecule has 1 aromatic carbocycles. The largest absolute Gasteiger partial charge is 0.497 e. The molecular weight excluding hydrogens is 204 g/mol. The summed E-state index contributed by atoms with van der Waals surface area (Å²) in [7, 11) is 1.63. The van der Waals surface area contributed by atoms with Gasteiger partial charge < -0.3 is 9.47 Å². The van der Waals surface area contributed by atoms with Crippen molar-refractivity contribution in [2.75, 3.05) is 7.11 Å². The van der Waals surface area contributed by atoms with E-state index in [1.807, 2.05) is 32.0 Å². The Balaban J connectivity index is 2.15. The Kier molecular flexibility index (Phi) is 1.76. The number of Topliss-reactive ketones (excluding diaryl/α,β-unsaturated/α-hetero) is 1. The zero-order valence-corrected chi connectivity index (χ0v) is 9.61. The number of ketones is 1. The second kappa shape index (κ2) is 2.86. The molecule has 1 aliphatic carbocycles. The van der Waals surface area contributed by atoms with Gasteiger partial charge in [-0.2, -0.15) is 0 Å². The zero-order valence-electron chi connectivity index (χ0n) is 9.61. The van der Waals surface area contributed by atoms with E-state index in [1.165, 1.54) is 0 Å². The van der Waals surface area contributed by atoms with Gasteiger partial charge in [-0.15, -0.1) is 0 Å². The van der Waals surface area contributed by atoms with Gasteiger partial charge in [0.05, 0.1) is 12.5 Å². The first-order valence-corrected chi connectivity index (χ1v) is 5.44. The van der Waals surface area contributed by atoms with Gasteiger partial charge in [-0.3, -0.25) is 4.79 Å². The summed E-state index contributed by atoms with van der Waals surface area (Å²) in [5.41, 5.74) is 1.37. The Labute approximate surface area is 94.4 Å². The molecule has 3 rings (SSSR count). The standard InChI is InChI=1S/C13H14O3/c1-13(2)11(14)8-5-4-7(15-3)6-9(8)10-12(13)16-10/h4-6,10,12H,1-3H3/t10-,12+/m0/s1. The third kappa shape index (κ3) is 1.09. The van der Waals surface area contributed by atoms with Crippen LogP contribution in [-0.4, -0.2) is 19.0 Å². The molecule has 2 atom stereocenters. The van der Waals surface area contributed by atoms with Crippen LogP contribution in [0.3, 0.4) is 0 Å². The van der Waals surface area contributed by atoms with Crippen molar-refractivity contribution in [1.82, 2.24) is 0 Å². The average molecular weight is 218 g/mol. The molecule has 1 aromatic rings. The van der Waals surface area contributed by atoms with Crippen molar-refractivity contribution in [3.63, 3.8) is 0 Å². The normalized spacial score (nSPS) is 29.3. The molecule has 1 heterocycles. The Morgan fingerprint density at radius 1 is 1.38 bits per heavy atom. The minimum Gasteiger partial charge on any atom is -0.497 e. The second-order valence-electron chi connectivity index (χ2n) is 4.98. The van der Waals surface area contributed by atoms with E-state index in [1.54, 1.807) is 7.11 Å². The van der Waals surface area contributed by atoms with Crippen LogP contribution in [0, 0.1) is 5.41 Å². The van der Waals surface area contributed by atoms with Crippen LogP contribution in [0.25, 0.3) is 0 Å². The average Bonchev–Trinajstić information content (AvgIpc) is 3.06. The number of carbonyl (C=O) groups is 1. The van der Waals surface area contributed by atoms with Crippen molar-refractivity contribution in [3.05, 3.63) is 29.3 Å². The number of hydrogen-bond acceptors (Lipinski definition) is 3. The molecule has 0 saturated carbocycles. The van der Waals surface area contributed by atoms with Crippen LogP contribution in [0.15, 0.2) is 18.2 Å². The summed E-state index contributed by atoms with van der Waals surface area (Å²) in [6.45, 7) is 3.90. The highest BCUT2D eigenvalue weighted by atomic mass is 16.6. The number of benzene rings is 1. The lowest BCUT2D eigenvalue weighted by Crippen LogP contribution is -2.34. The van der Waals surface area contributed by atoms with Crippen molar-refractivity contribution in [3.8, 4) is 5.75 Å². The van der Waals surface area contributed by atoms with E-state index in [9.17, 15) is 4.79 Å². The molecule has 0 spiro atoms. The van der Waals surface area contributed by atoms with Gasteiger partial charge in [0, 0.05) is 5.56 Å². The van der Waals surface area contributed by atoms with Crippen molar-refractivity contribution < 1.29 is 14.3 Å². The first kappa shape index (κ1) is 9.85. The number of rotatable bonds is 1. The number of carbonyl (C=O) groups excluding carboxylic acids is 1. The molecule has 0 bridgehead atoms. The van der Waals surface area contributed by atoms with Crippen molar-refractivity contribution in [2.45, 2.75) is 26.1 Å². The van der Waals surface area contributed by atoms with E-state index in [-0.39, 0.29) is 18.0 Å². The number of methoxy groups -OCH3 is 1. The molecule has 2 aliphatic rings. The topological polar surface area (TPSA) is 38.8 Å². The molecule has 16 heavy (non-hydrogen) atoms. The molecule has 1 fully saturated rings. The number of ether oxygens (including phenoxy) is 2. The van der Waals surface area contributed by atoms with Crippen LogP contribution >= 0.6 is 0 Å². The molecule has 0 N–H and O–H groups in total. The highest BCUT2D eigenvalue weighted by molar-refractivity contribution is 6.03. The van der Waals surface area contributed by atoms with Gasteiger partial charge in [0.1, 0.15) is 18.0 Å². The van der Waals surface area contributed by atoms with Crippen LogP contribution in [-0.2, 0) is 4.74 Å². The van der Waals surface area contributed by atoms with E-state index >= 15 is 0 Å². The fourth-order valence-electron chi connectivity index (χ4n) is 2.48. The molecule has 0 aromatic heterocycles. The Bertz CT molecular complexity index is 476. The summed E-state index contributed by atoms with van der Waals surface area (Å²) >= 11 is 0. The van der Waals surface area contributed by atoms with Crippen LogP contribution < -0.4 is 4.74 Å². The number of epoxide rings is 1. The first-order chi connectivity index (χ1) is 7.55. The van der Waals surface area contributed by atoms with Gasteiger partial charge >= 0.3 is 0 Å². The minimum absolute atomic E-state index is 0.0413. The molecule has 0 unspecified atom stereocenters. The van der Waals surface area contributed by atoms with Crippen molar-refractivity contribution in [2.24, 2.45) is 5.41 Å². The summed E-state index contributed by atoms with van der Waals surface area (Å²) in [4.78, 5) is 12.3. The van der Waals surface area contributed by atoms with Gasteiger partial charge in [-0.25, -0.2) is 0 Å². The molecule has 0 amide bonds. The molecule has 1 aliphatic heterocycles. The summed E-state index contributed by atoms with van der Waals surface area (Å²) in [6.07, 6.45) is 0.123. The summed E-state index contributed by atoms with van der Waals surface area (Å²) in [5, 5.41) is 0. The molecule has 84 valence electrons. The maximum Gasteiger partial charge on any atom is 0.171 e. The molecule has 0 radical (unpaired) electrons. The maximum atomic E-state index is 12.3. The quantitative estimate of drug-likeness (QED) is 0.679. The molecule has 3 heteroatoms. The third-order valence-electron chi connectivity index (χ3n) is 3.60. The van der Waals surface area contributed by atoms with Crippen LogP contribution in [0.1, 0.15) is 35.9 Å². The maximum absolute atomic E-state index is 12.3. The van der Waals surface area contributed by atoms with E-state index in [4.69, 9.17) is 9.47 Å². The van der Waals surface area contributed by atoms with E-state index < -0.39 is 5.41 Å². The Hall–Kier alpha value is -1.35. The molecule has 3 nitrogen and oxygen atoms in total. The lowest BCUT2D eigenvalue weighted by Gasteiger charge is -2.26. The van der Waals surface area contributed by atoms with E-state index in [0.29, 0.717) is 0 Å². The second-order valence-corrected chi connectivity index (χ2v) is 4.98. The highest BCUT2D eigenvalue weighted by Gasteiger charge is 2.58. The SMILES string of the molecule is COc1ccc2c(c1)[C@@H]1O[C@H]1C(C)(C)C2=O. The summed E-state index contributed by atoms with van der Waals surface area (Å²) < 4.78 is 10.8. The Morgan fingerprint density at radius 2 is 2.12 bits per heavy atom. The van der Waals surface area contributed by atoms with Crippen LogP contribution in [0.2, 0.25) is 0 Å². The van der Waals surface area contributed by atoms with E-state index in [2.05, 4.69) is 0 Å². The third-order valence-corrected chi connectivity index (χ3v) is 3.60. The number of fused-ring (bicyclic) bond motifs is 3. The lowest BCUT2D eigenvalue weighted by atomic mass is 9.73. The van der Waals surface area contributed by atoms with Gasteiger partial charge in [0.25, 0.3) is 0 Å². The predicted molar refractivity (Wildman–Crippen MR) is 58.7 cm³/mol. The van der Waals surface area contributed by atoms with Gasteiger partial charge in [0.15, 0.2) is 5.78 Å². The highest BCUT2D eigenvalue weighted by Crippen LogP contribution is 2.55. The van der Waals surface area contributed by atoms with Gasteiger partial charge in [0.2, 0.25) is 0 Å². The van der Waals surface area contributed by atoms with E-state index in [0.717, 1.165) is 16.9 Å². The lowest BCUT2D eigenvalue weighted by molar-refractivity contribution is 0.0792. The summed E-state index contributed by atoms with van der Waals surface area (Å²) in [6, 6.07) is 5.58. The monoisotopic (exact) mass is 218 g/mol. The minimum atomic E-state index is -0.397. The molecular formula is C13H14O3. The Morgan fingerprint density at radius 3 is 2.81 bits per heavy atom. The van der Waals surface area contributed by atoms with Gasteiger partial charge in [-0.05, 0) is 37.6 Å². The predicted octanol–water partition coefficient (Wildman–Crippen LogP) is 2.36. The van der Waals surface area contributed by atoms with Crippen molar-refractivity contribution >= 4 is 5.78 Å². The smallest absolute Gasteiger partial charge is 0.171 e.